The third-order valence-corrected chi connectivity index (χ3v) is 14.5. The molecule has 0 saturated carbocycles. The number of fused-ring (bicyclic) bond motifs is 12. The molecule has 0 fully saturated rings. The van der Waals surface area contributed by atoms with Crippen LogP contribution in [0.25, 0.3) is 132 Å². The average Bonchev–Trinajstić information content (AvgIpc) is 4.05. The van der Waals surface area contributed by atoms with Crippen LogP contribution in [0.3, 0.4) is 0 Å². The normalized spacial score (nSPS) is 12.7. The first-order valence-corrected chi connectivity index (χ1v) is 23.0. The van der Waals surface area contributed by atoms with Crippen molar-refractivity contribution in [1.29, 1.82) is 0 Å². The Morgan fingerprint density at radius 1 is 0.462 bits per heavy atom. The largest absolute Gasteiger partial charge is 0.456 e. The summed E-state index contributed by atoms with van der Waals surface area (Å²) in [4.78, 5) is 17.3. The van der Waals surface area contributed by atoms with Gasteiger partial charge in [0.2, 0.25) is 0 Å². The van der Waals surface area contributed by atoms with Crippen LogP contribution in [0.15, 0.2) is 192 Å². The van der Waals surface area contributed by atoms with Crippen molar-refractivity contribution in [3.63, 3.8) is 0 Å². The van der Waals surface area contributed by atoms with Crippen LogP contribution in [0.4, 0.5) is 0 Å². The van der Waals surface area contributed by atoms with E-state index in [4.69, 9.17) is 19.4 Å². The van der Waals surface area contributed by atoms with Crippen LogP contribution in [0.2, 0.25) is 0 Å². The molecule has 65 heavy (non-hydrogen) atoms. The van der Waals surface area contributed by atoms with E-state index >= 15 is 0 Å². The zero-order valence-corrected chi connectivity index (χ0v) is 35.8. The number of benzene rings is 9. The van der Waals surface area contributed by atoms with Crippen molar-refractivity contribution in [2.75, 3.05) is 0 Å². The molecule has 5 nitrogen and oxygen atoms in total. The summed E-state index contributed by atoms with van der Waals surface area (Å²) in [7, 11) is 0. The standard InChI is InChI=1S/C59H36N4OS/c1-2-12-35(13-3-1)36-24-27-38(28-25-36)57-60-58(62-59(61-57)44-18-10-23-53-54(44)43-17-7-9-22-52(43)65-53)41-29-26-37-30-31-51-55(45(37)33-41)56-48(20-11-21-50(56)64-51)63-47-19-8-6-16-42(47)46-32-39-14-4-5-15-40(39)34-49(46)63/h1-6,8-16,18-34H,7,17H2. The molecule has 304 valence electrons. The molecule has 1 aliphatic rings. The number of aryl methyl sites for hydroxylation is 1. The first-order valence-electron chi connectivity index (χ1n) is 22.1. The van der Waals surface area contributed by atoms with E-state index in [-0.39, 0.29) is 0 Å². The van der Waals surface area contributed by atoms with Gasteiger partial charge in [0.15, 0.2) is 17.5 Å². The molecule has 0 bridgehead atoms. The summed E-state index contributed by atoms with van der Waals surface area (Å²) < 4.78 is 10.4. The summed E-state index contributed by atoms with van der Waals surface area (Å²) in [5.74, 6) is 1.93. The van der Waals surface area contributed by atoms with E-state index in [1.165, 1.54) is 47.6 Å². The van der Waals surface area contributed by atoms with Gasteiger partial charge in [0, 0.05) is 47.8 Å². The van der Waals surface area contributed by atoms with Gasteiger partial charge in [-0.05, 0) is 106 Å². The Morgan fingerprint density at radius 3 is 2.06 bits per heavy atom. The summed E-state index contributed by atoms with van der Waals surface area (Å²) in [6, 6.07) is 64.9. The first kappa shape index (κ1) is 36.3. The van der Waals surface area contributed by atoms with Crippen molar-refractivity contribution in [3.8, 4) is 51.0 Å². The van der Waals surface area contributed by atoms with E-state index in [1.807, 2.05) is 17.4 Å². The minimum atomic E-state index is 0.624. The molecule has 0 unspecified atom stereocenters. The average molecular weight is 849 g/mol. The molecule has 0 aliphatic heterocycles. The molecule has 0 saturated heterocycles. The van der Waals surface area contributed by atoms with Gasteiger partial charge >= 0.3 is 0 Å². The second-order valence-electron chi connectivity index (χ2n) is 17.0. The summed E-state index contributed by atoms with van der Waals surface area (Å²) in [6.45, 7) is 0. The molecule has 0 atom stereocenters. The predicted octanol–water partition coefficient (Wildman–Crippen LogP) is 16.0. The number of hydrogen-bond donors (Lipinski definition) is 0. The Morgan fingerprint density at radius 2 is 1.17 bits per heavy atom. The van der Waals surface area contributed by atoms with Crippen molar-refractivity contribution in [3.05, 3.63) is 199 Å². The molecule has 4 aromatic heterocycles. The van der Waals surface area contributed by atoms with Gasteiger partial charge < -0.3 is 8.98 Å². The lowest BCUT2D eigenvalue weighted by Gasteiger charge is -2.12. The number of para-hydroxylation sites is 1. The molecule has 9 aromatic carbocycles. The third-order valence-electron chi connectivity index (χ3n) is 13.3. The van der Waals surface area contributed by atoms with Gasteiger partial charge in [-0.2, -0.15) is 0 Å². The highest BCUT2D eigenvalue weighted by Gasteiger charge is 2.23. The van der Waals surface area contributed by atoms with Gasteiger partial charge in [-0.15, -0.1) is 11.3 Å². The second kappa shape index (κ2) is 14.2. The van der Waals surface area contributed by atoms with E-state index in [0.29, 0.717) is 17.5 Å². The van der Waals surface area contributed by atoms with Gasteiger partial charge in [-0.25, -0.2) is 15.0 Å². The lowest BCUT2D eigenvalue weighted by Crippen LogP contribution is -2.01. The number of furan rings is 1. The lowest BCUT2D eigenvalue weighted by atomic mass is 9.97. The van der Waals surface area contributed by atoms with Gasteiger partial charge in [-0.3, -0.25) is 0 Å². The Bertz CT molecular complexity index is 4120. The highest BCUT2D eigenvalue weighted by Crippen LogP contribution is 2.44. The molecule has 0 N–H and O–H groups in total. The van der Waals surface area contributed by atoms with Crippen molar-refractivity contribution in [2.45, 2.75) is 12.8 Å². The van der Waals surface area contributed by atoms with Gasteiger partial charge in [-0.1, -0.05) is 140 Å². The number of rotatable bonds is 5. The van der Waals surface area contributed by atoms with Crippen LogP contribution in [0.1, 0.15) is 16.9 Å². The summed E-state index contributed by atoms with van der Waals surface area (Å²) >= 11 is 1.85. The highest BCUT2D eigenvalue weighted by atomic mass is 32.1. The SMILES string of the molecule is C1=Cc2sc3cccc(-c4nc(-c5ccc(-c6ccccc6)cc5)nc(-c5ccc6ccc7oc8cccc(-n9c%10ccccc%10c%10cc%11ccccc%11cc%109)c8c7c6c5)n4)c3c2CC1. The van der Waals surface area contributed by atoms with E-state index in [0.717, 1.165) is 84.5 Å². The maximum atomic E-state index is 6.75. The summed E-state index contributed by atoms with van der Waals surface area (Å²) in [5, 5.41) is 10.4. The Balaban J connectivity index is 1.00. The number of thiophene rings is 1. The topological polar surface area (TPSA) is 56.7 Å². The van der Waals surface area contributed by atoms with Crippen molar-refractivity contribution < 1.29 is 4.42 Å². The zero-order valence-electron chi connectivity index (χ0n) is 35.0. The van der Waals surface area contributed by atoms with Gasteiger partial charge in [0.05, 0.1) is 22.1 Å². The first-order chi connectivity index (χ1) is 32.2. The molecular formula is C59H36N4OS. The van der Waals surface area contributed by atoms with Crippen molar-refractivity contribution in [2.24, 2.45) is 0 Å². The molecule has 13 aromatic rings. The fourth-order valence-electron chi connectivity index (χ4n) is 10.3. The smallest absolute Gasteiger partial charge is 0.164 e. The minimum absolute atomic E-state index is 0.624. The zero-order chi connectivity index (χ0) is 42.6. The summed E-state index contributed by atoms with van der Waals surface area (Å²) in [5.41, 5.74) is 11.6. The fourth-order valence-corrected chi connectivity index (χ4v) is 11.5. The Labute approximate surface area is 377 Å². The van der Waals surface area contributed by atoms with Crippen LogP contribution in [-0.2, 0) is 6.42 Å². The number of allylic oxidation sites excluding steroid dienone is 1. The van der Waals surface area contributed by atoms with Crippen LogP contribution < -0.4 is 0 Å². The van der Waals surface area contributed by atoms with Crippen LogP contribution in [0.5, 0.6) is 0 Å². The lowest BCUT2D eigenvalue weighted by molar-refractivity contribution is 0.669. The second-order valence-corrected chi connectivity index (χ2v) is 18.1. The number of aromatic nitrogens is 4. The molecule has 6 heteroatoms. The number of nitrogens with zero attached hydrogens (tertiary/aromatic N) is 4. The highest BCUT2D eigenvalue weighted by molar-refractivity contribution is 7.20. The summed E-state index contributed by atoms with van der Waals surface area (Å²) in [6.07, 6.45) is 6.58. The van der Waals surface area contributed by atoms with Gasteiger partial charge in [0.25, 0.3) is 0 Å². The predicted molar refractivity (Wildman–Crippen MR) is 271 cm³/mol. The van der Waals surface area contributed by atoms with Crippen LogP contribution in [-0.4, -0.2) is 19.5 Å². The van der Waals surface area contributed by atoms with E-state index in [2.05, 4.69) is 193 Å². The van der Waals surface area contributed by atoms with Crippen molar-refractivity contribution in [1.82, 2.24) is 19.5 Å². The molecule has 0 spiro atoms. The van der Waals surface area contributed by atoms with E-state index in [9.17, 15) is 0 Å². The number of hydrogen-bond acceptors (Lipinski definition) is 5. The van der Waals surface area contributed by atoms with Crippen molar-refractivity contribution >= 4 is 92.8 Å². The van der Waals surface area contributed by atoms with Crippen LogP contribution >= 0.6 is 11.3 Å². The molecule has 4 heterocycles. The molecule has 0 radical (unpaired) electrons. The quantitative estimate of drug-likeness (QED) is 0.173. The molecular weight excluding hydrogens is 813 g/mol. The fraction of sp³-hybridized carbons (Fsp3) is 0.0339. The monoisotopic (exact) mass is 848 g/mol. The van der Waals surface area contributed by atoms with Crippen LogP contribution in [0, 0.1) is 0 Å². The van der Waals surface area contributed by atoms with E-state index < -0.39 is 0 Å². The molecule has 14 rings (SSSR count). The third kappa shape index (κ3) is 5.67. The minimum Gasteiger partial charge on any atom is -0.456 e. The maximum Gasteiger partial charge on any atom is 0.164 e. The van der Waals surface area contributed by atoms with Gasteiger partial charge in [0.1, 0.15) is 11.2 Å². The van der Waals surface area contributed by atoms with E-state index in [1.54, 1.807) is 0 Å². The molecule has 1 aliphatic carbocycles. The Kier molecular flexibility index (Phi) is 7.91. The maximum absolute atomic E-state index is 6.75. The molecule has 0 amide bonds. The Hall–Kier alpha value is -8.19.